The van der Waals surface area contributed by atoms with E-state index in [1.807, 2.05) is 44.2 Å². The summed E-state index contributed by atoms with van der Waals surface area (Å²) < 4.78 is 0. The van der Waals surface area contributed by atoms with Crippen molar-refractivity contribution in [3.8, 4) is 0 Å². The Bertz CT molecular complexity index is 819. The number of nitrogens with zero attached hydrogens (tertiary/aromatic N) is 4. The minimum absolute atomic E-state index is 0. The molecule has 1 saturated heterocycles. The summed E-state index contributed by atoms with van der Waals surface area (Å²) >= 11 is 1.79. The van der Waals surface area contributed by atoms with Crippen LogP contribution in [0.15, 0.2) is 46.8 Å². The number of carbonyl (C=O) groups excluding carboxylic acids is 1. The molecule has 1 aromatic carbocycles. The van der Waals surface area contributed by atoms with Crippen molar-refractivity contribution in [3.05, 3.63) is 47.3 Å². The van der Waals surface area contributed by atoms with E-state index in [0.717, 1.165) is 43.4 Å². The minimum Gasteiger partial charge on any atom is -0.360 e. The highest BCUT2D eigenvalue weighted by Crippen LogP contribution is 2.22. The number of guanidine groups is 1. The molecule has 164 valence electrons. The Kier molecular flexibility index (Phi) is 9.86. The van der Waals surface area contributed by atoms with E-state index in [1.54, 1.807) is 11.3 Å². The molecule has 0 aliphatic carbocycles. The monoisotopic (exact) mass is 542 g/mol. The van der Waals surface area contributed by atoms with Gasteiger partial charge in [0, 0.05) is 45.5 Å². The van der Waals surface area contributed by atoms with E-state index in [2.05, 4.69) is 49.0 Å². The predicted octanol–water partition coefficient (Wildman–Crippen LogP) is 2.76. The second kappa shape index (κ2) is 12.1. The van der Waals surface area contributed by atoms with Gasteiger partial charge in [0.2, 0.25) is 5.91 Å². The number of likely N-dealkylation sites (N-methyl/N-ethyl adjacent to an activating group) is 1. The molecule has 1 fully saturated rings. The lowest BCUT2D eigenvalue weighted by atomic mass is 10.2. The second-order valence-corrected chi connectivity index (χ2v) is 8.24. The number of thiophene rings is 1. The lowest BCUT2D eigenvalue weighted by molar-refractivity contribution is -0.116. The number of carbonyl (C=O) groups is 1. The molecule has 1 aliphatic rings. The van der Waals surface area contributed by atoms with Crippen LogP contribution in [-0.2, 0) is 11.3 Å². The average Bonchev–Trinajstić information content (AvgIpc) is 3.23. The number of benzene rings is 1. The summed E-state index contributed by atoms with van der Waals surface area (Å²) in [4.78, 5) is 23.0. The van der Waals surface area contributed by atoms with Crippen molar-refractivity contribution in [2.45, 2.75) is 6.54 Å². The van der Waals surface area contributed by atoms with Crippen LogP contribution in [0.2, 0.25) is 0 Å². The van der Waals surface area contributed by atoms with E-state index in [0.29, 0.717) is 13.1 Å². The van der Waals surface area contributed by atoms with Crippen molar-refractivity contribution in [2.24, 2.45) is 4.99 Å². The quantitative estimate of drug-likeness (QED) is 0.334. The molecule has 30 heavy (non-hydrogen) atoms. The Morgan fingerprint density at radius 3 is 2.57 bits per heavy atom. The van der Waals surface area contributed by atoms with Crippen LogP contribution in [0.3, 0.4) is 0 Å². The molecular weight excluding hydrogens is 511 g/mol. The standard InChI is InChI=1S/C21H30N6OS.HI/c1-22-21(27-11-9-26(10-12-27)20-8-5-13-29-20)23-15-17-6-4-7-18(14-17)24-19(28)16-25(2)3;/h4-8,13-14H,9-12,15-16H2,1-3H3,(H,22,23)(H,24,28);1H. The van der Waals surface area contributed by atoms with Gasteiger partial charge in [-0.3, -0.25) is 9.79 Å². The maximum absolute atomic E-state index is 12.0. The third kappa shape index (κ3) is 7.13. The molecular formula is C21H31IN6OS. The van der Waals surface area contributed by atoms with Crippen LogP contribution in [0.1, 0.15) is 5.56 Å². The molecule has 0 spiro atoms. The highest BCUT2D eigenvalue weighted by atomic mass is 127. The van der Waals surface area contributed by atoms with Gasteiger partial charge in [0.15, 0.2) is 5.96 Å². The number of hydrogen-bond acceptors (Lipinski definition) is 5. The van der Waals surface area contributed by atoms with Gasteiger partial charge in [-0.15, -0.1) is 35.3 Å². The average molecular weight is 542 g/mol. The molecule has 0 unspecified atom stereocenters. The Hall–Kier alpha value is -1.85. The minimum atomic E-state index is -0.0143. The van der Waals surface area contributed by atoms with Gasteiger partial charge in [-0.1, -0.05) is 12.1 Å². The molecule has 1 aromatic heterocycles. The largest absolute Gasteiger partial charge is 0.360 e. The van der Waals surface area contributed by atoms with Crippen LogP contribution in [-0.4, -0.2) is 75.5 Å². The summed E-state index contributed by atoms with van der Waals surface area (Å²) in [7, 11) is 5.59. The number of anilines is 2. The maximum atomic E-state index is 12.0. The number of nitrogens with one attached hydrogen (secondary N) is 2. The fourth-order valence-electron chi connectivity index (χ4n) is 3.35. The summed E-state index contributed by atoms with van der Waals surface area (Å²) in [5.74, 6) is 0.900. The Morgan fingerprint density at radius 1 is 1.17 bits per heavy atom. The first kappa shape index (κ1) is 24.4. The molecule has 9 heteroatoms. The topological polar surface area (TPSA) is 63.2 Å². The molecule has 1 amide bonds. The Balaban J connectivity index is 0.00000320. The van der Waals surface area contributed by atoms with E-state index in [4.69, 9.17) is 0 Å². The van der Waals surface area contributed by atoms with Crippen LogP contribution in [0.25, 0.3) is 0 Å². The van der Waals surface area contributed by atoms with Crippen LogP contribution in [0.5, 0.6) is 0 Å². The van der Waals surface area contributed by atoms with Crippen molar-refractivity contribution in [2.75, 3.05) is 64.1 Å². The molecule has 0 bridgehead atoms. The third-order valence-corrected chi connectivity index (χ3v) is 5.66. The van der Waals surface area contributed by atoms with E-state index < -0.39 is 0 Å². The second-order valence-electron chi connectivity index (χ2n) is 7.31. The fourth-order valence-corrected chi connectivity index (χ4v) is 4.13. The first-order valence-electron chi connectivity index (χ1n) is 9.82. The third-order valence-electron chi connectivity index (χ3n) is 4.73. The van der Waals surface area contributed by atoms with Crippen LogP contribution in [0.4, 0.5) is 10.7 Å². The smallest absolute Gasteiger partial charge is 0.238 e. The van der Waals surface area contributed by atoms with Gasteiger partial charge >= 0.3 is 0 Å². The normalized spacial score (nSPS) is 14.5. The zero-order valence-electron chi connectivity index (χ0n) is 17.8. The van der Waals surface area contributed by atoms with Crippen molar-refractivity contribution in [3.63, 3.8) is 0 Å². The zero-order chi connectivity index (χ0) is 20.6. The molecule has 0 saturated carbocycles. The van der Waals surface area contributed by atoms with Gasteiger partial charge < -0.3 is 25.3 Å². The first-order chi connectivity index (χ1) is 14.0. The lowest BCUT2D eigenvalue weighted by Crippen LogP contribution is -2.52. The van der Waals surface area contributed by atoms with Crippen molar-refractivity contribution >= 4 is 57.9 Å². The van der Waals surface area contributed by atoms with Crippen molar-refractivity contribution < 1.29 is 4.79 Å². The molecule has 2 aromatic rings. The van der Waals surface area contributed by atoms with Crippen molar-refractivity contribution in [1.29, 1.82) is 0 Å². The Labute approximate surface area is 200 Å². The van der Waals surface area contributed by atoms with Crippen LogP contribution >= 0.6 is 35.3 Å². The number of piperazine rings is 1. The highest BCUT2D eigenvalue weighted by Gasteiger charge is 2.20. The van der Waals surface area contributed by atoms with Gasteiger partial charge in [0.05, 0.1) is 11.5 Å². The first-order valence-corrected chi connectivity index (χ1v) is 10.7. The molecule has 2 N–H and O–H groups in total. The predicted molar refractivity (Wildman–Crippen MR) is 137 cm³/mol. The van der Waals surface area contributed by atoms with Crippen LogP contribution in [0, 0.1) is 0 Å². The molecule has 2 heterocycles. The Morgan fingerprint density at radius 2 is 1.93 bits per heavy atom. The van der Waals surface area contributed by atoms with Gasteiger partial charge in [-0.25, -0.2) is 0 Å². The molecule has 0 radical (unpaired) electrons. The lowest BCUT2D eigenvalue weighted by Gasteiger charge is -2.37. The molecule has 1 aliphatic heterocycles. The summed E-state index contributed by atoms with van der Waals surface area (Å²) in [5, 5.41) is 9.86. The summed E-state index contributed by atoms with van der Waals surface area (Å²) in [5.41, 5.74) is 1.92. The van der Waals surface area contributed by atoms with E-state index in [-0.39, 0.29) is 29.9 Å². The summed E-state index contributed by atoms with van der Waals surface area (Å²) in [6.45, 7) is 4.90. The maximum Gasteiger partial charge on any atom is 0.238 e. The molecule has 7 nitrogen and oxygen atoms in total. The van der Waals surface area contributed by atoms with Crippen LogP contribution < -0.4 is 15.5 Å². The van der Waals surface area contributed by atoms with Gasteiger partial charge in [0.1, 0.15) is 0 Å². The number of rotatable bonds is 6. The van der Waals surface area contributed by atoms with E-state index in [1.165, 1.54) is 5.00 Å². The SMILES string of the molecule is CN=C(NCc1cccc(NC(=O)CN(C)C)c1)N1CCN(c2cccs2)CC1.I. The van der Waals surface area contributed by atoms with Gasteiger partial charge in [-0.05, 0) is 49.3 Å². The van der Waals surface area contributed by atoms with Crippen molar-refractivity contribution in [1.82, 2.24) is 15.1 Å². The number of aliphatic imine (C=N–C) groups is 1. The van der Waals surface area contributed by atoms with E-state index in [9.17, 15) is 4.79 Å². The summed E-state index contributed by atoms with van der Waals surface area (Å²) in [6, 6.07) is 12.2. The number of amides is 1. The molecule has 3 rings (SSSR count). The van der Waals surface area contributed by atoms with E-state index >= 15 is 0 Å². The van der Waals surface area contributed by atoms with Gasteiger partial charge in [-0.2, -0.15) is 0 Å². The fraction of sp³-hybridized carbons (Fsp3) is 0.429. The number of hydrogen-bond donors (Lipinski definition) is 2. The number of halogens is 1. The molecule has 0 atom stereocenters. The highest BCUT2D eigenvalue weighted by molar-refractivity contribution is 14.0. The zero-order valence-corrected chi connectivity index (χ0v) is 20.9. The van der Waals surface area contributed by atoms with Gasteiger partial charge in [0.25, 0.3) is 0 Å². The summed E-state index contributed by atoms with van der Waals surface area (Å²) in [6.07, 6.45) is 0.